The van der Waals surface area contributed by atoms with Gasteiger partial charge in [0.2, 0.25) is 5.91 Å². The number of anilines is 1. The summed E-state index contributed by atoms with van der Waals surface area (Å²) in [6.45, 7) is 2.34. The third-order valence-corrected chi connectivity index (χ3v) is 4.10. The van der Waals surface area contributed by atoms with Crippen LogP contribution in [0.5, 0.6) is 5.75 Å². The number of carbonyl (C=O) groups is 1. The van der Waals surface area contributed by atoms with Crippen molar-refractivity contribution < 1.29 is 9.53 Å². The highest BCUT2D eigenvalue weighted by molar-refractivity contribution is 9.10. The van der Waals surface area contributed by atoms with Crippen LogP contribution in [0.3, 0.4) is 0 Å². The number of nitrogens with one attached hydrogen (secondary N) is 2. The van der Waals surface area contributed by atoms with Crippen LogP contribution < -0.4 is 15.4 Å². The molecule has 1 amide bonds. The first kappa shape index (κ1) is 17.5. The lowest BCUT2D eigenvalue weighted by Gasteiger charge is -2.17. The fraction of sp³-hybridized carbons (Fsp3) is 0.278. The Morgan fingerprint density at radius 1 is 1.17 bits per heavy atom. The molecule has 4 nitrogen and oxygen atoms in total. The number of amides is 1. The highest BCUT2D eigenvalue weighted by Crippen LogP contribution is 2.23. The molecule has 0 aliphatic carbocycles. The maximum Gasteiger partial charge on any atom is 0.238 e. The Bertz CT molecular complexity index is 644. The number of hydrogen-bond donors (Lipinski definition) is 2. The van der Waals surface area contributed by atoms with Crippen LogP contribution in [0.1, 0.15) is 24.9 Å². The molecule has 2 aromatic carbocycles. The largest absolute Gasteiger partial charge is 0.495 e. The molecule has 0 radical (unpaired) electrons. The fourth-order valence-corrected chi connectivity index (χ4v) is 2.62. The molecule has 122 valence electrons. The molecule has 2 N–H and O–H groups in total. The molecule has 0 fully saturated rings. The van der Waals surface area contributed by atoms with Gasteiger partial charge in [0.05, 0.1) is 19.3 Å². The van der Waals surface area contributed by atoms with E-state index in [0.29, 0.717) is 11.4 Å². The first-order valence-corrected chi connectivity index (χ1v) is 8.35. The van der Waals surface area contributed by atoms with Crippen LogP contribution in [0.15, 0.2) is 53.0 Å². The maximum atomic E-state index is 12.1. The van der Waals surface area contributed by atoms with Crippen molar-refractivity contribution in [3.8, 4) is 5.75 Å². The first-order chi connectivity index (χ1) is 11.1. The normalized spacial score (nSPS) is 11.8. The lowest BCUT2D eigenvalue weighted by molar-refractivity contribution is -0.115. The molecular formula is C18H21BrN2O2. The predicted molar refractivity (Wildman–Crippen MR) is 96.8 cm³/mol. The van der Waals surface area contributed by atoms with Gasteiger partial charge in [-0.15, -0.1) is 0 Å². The molecule has 0 unspecified atom stereocenters. The minimum atomic E-state index is -0.0925. The van der Waals surface area contributed by atoms with Crippen molar-refractivity contribution in [1.29, 1.82) is 0 Å². The Hall–Kier alpha value is -1.85. The fourth-order valence-electron chi connectivity index (χ4n) is 2.35. The summed E-state index contributed by atoms with van der Waals surface area (Å²) in [4.78, 5) is 12.1. The summed E-state index contributed by atoms with van der Waals surface area (Å²) in [6, 6.07) is 15.7. The number of hydrogen-bond acceptors (Lipinski definition) is 3. The molecule has 0 bridgehead atoms. The number of methoxy groups -OCH3 is 1. The Balaban J connectivity index is 1.93. The molecule has 0 aliphatic heterocycles. The molecule has 5 heteroatoms. The molecule has 2 rings (SSSR count). The average Bonchev–Trinajstić information content (AvgIpc) is 2.57. The molecule has 2 aromatic rings. The van der Waals surface area contributed by atoms with E-state index < -0.39 is 0 Å². The Kier molecular flexibility index (Phi) is 6.62. The van der Waals surface area contributed by atoms with Crippen LogP contribution in [-0.2, 0) is 4.79 Å². The van der Waals surface area contributed by atoms with Crippen molar-refractivity contribution in [2.75, 3.05) is 19.0 Å². The van der Waals surface area contributed by atoms with Crippen molar-refractivity contribution >= 4 is 27.5 Å². The lowest BCUT2D eigenvalue weighted by Crippen LogP contribution is -2.31. The SMILES string of the molecule is CC[C@@H](NCC(=O)Nc1ccccc1OC)c1ccc(Br)cc1. The quantitative estimate of drug-likeness (QED) is 0.763. The summed E-state index contributed by atoms with van der Waals surface area (Å²) in [5.41, 5.74) is 1.85. The average molecular weight is 377 g/mol. The number of para-hydroxylation sites is 2. The zero-order valence-electron chi connectivity index (χ0n) is 13.3. The van der Waals surface area contributed by atoms with Crippen molar-refractivity contribution in [3.05, 3.63) is 58.6 Å². The number of halogens is 1. The first-order valence-electron chi connectivity index (χ1n) is 7.55. The number of benzene rings is 2. The van der Waals surface area contributed by atoms with Gasteiger partial charge in [-0.3, -0.25) is 4.79 Å². The third-order valence-electron chi connectivity index (χ3n) is 3.57. The van der Waals surface area contributed by atoms with E-state index in [4.69, 9.17) is 4.74 Å². The van der Waals surface area contributed by atoms with Crippen LogP contribution in [0.25, 0.3) is 0 Å². The monoisotopic (exact) mass is 376 g/mol. The Morgan fingerprint density at radius 3 is 2.52 bits per heavy atom. The minimum absolute atomic E-state index is 0.0925. The van der Waals surface area contributed by atoms with E-state index in [1.807, 2.05) is 36.4 Å². The summed E-state index contributed by atoms with van der Waals surface area (Å²) >= 11 is 3.43. The van der Waals surface area contributed by atoms with E-state index in [1.165, 1.54) is 5.56 Å². The standard InChI is InChI=1S/C18H21BrN2O2/c1-3-15(13-8-10-14(19)11-9-13)20-12-18(22)21-16-6-4-5-7-17(16)23-2/h4-11,15,20H,3,12H2,1-2H3,(H,21,22)/t15-/m1/s1. The van der Waals surface area contributed by atoms with Gasteiger partial charge in [0, 0.05) is 10.5 Å². The van der Waals surface area contributed by atoms with Gasteiger partial charge < -0.3 is 15.4 Å². The van der Waals surface area contributed by atoms with E-state index in [0.717, 1.165) is 10.9 Å². The van der Waals surface area contributed by atoms with Crippen molar-refractivity contribution in [2.24, 2.45) is 0 Å². The zero-order valence-corrected chi connectivity index (χ0v) is 14.9. The summed E-state index contributed by atoms with van der Waals surface area (Å²) in [7, 11) is 1.59. The summed E-state index contributed by atoms with van der Waals surface area (Å²) in [5, 5.41) is 6.16. The smallest absolute Gasteiger partial charge is 0.238 e. The van der Waals surface area contributed by atoms with Crippen LogP contribution in [0.2, 0.25) is 0 Å². The van der Waals surface area contributed by atoms with Gasteiger partial charge >= 0.3 is 0 Å². The second kappa shape index (κ2) is 8.70. The molecule has 0 aromatic heterocycles. The predicted octanol–water partition coefficient (Wildman–Crippen LogP) is 4.14. The molecule has 23 heavy (non-hydrogen) atoms. The lowest BCUT2D eigenvalue weighted by atomic mass is 10.0. The van der Waals surface area contributed by atoms with Crippen LogP contribution >= 0.6 is 15.9 Å². The second-order valence-electron chi connectivity index (χ2n) is 5.14. The third kappa shape index (κ3) is 5.08. The molecule has 0 spiro atoms. The van der Waals surface area contributed by atoms with Gasteiger partial charge in [0.25, 0.3) is 0 Å². The summed E-state index contributed by atoms with van der Waals surface area (Å²) in [6.07, 6.45) is 0.906. The van der Waals surface area contributed by atoms with Gasteiger partial charge in [0.1, 0.15) is 5.75 Å². The minimum Gasteiger partial charge on any atom is -0.495 e. The molecule has 0 saturated carbocycles. The van der Waals surface area contributed by atoms with Crippen LogP contribution in [0, 0.1) is 0 Å². The van der Waals surface area contributed by atoms with E-state index in [-0.39, 0.29) is 18.5 Å². The molecule has 0 saturated heterocycles. The molecular weight excluding hydrogens is 356 g/mol. The second-order valence-corrected chi connectivity index (χ2v) is 6.06. The maximum absolute atomic E-state index is 12.1. The van der Waals surface area contributed by atoms with E-state index in [9.17, 15) is 4.79 Å². The van der Waals surface area contributed by atoms with Crippen LogP contribution in [0.4, 0.5) is 5.69 Å². The van der Waals surface area contributed by atoms with Crippen LogP contribution in [-0.4, -0.2) is 19.6 Å². The van der Waals surface area contributed by atoms with Gasteiger partial charge in [-0.2, -0.15) is 0 Å². The van der Waals surface area contributed by atoms with Gasteiger partial charge in [-0.25, -0.2) is 0 Å². The number of rotatable bonds is 7. The number of ether oxygens (including phenoxy) is 1. The van der Waals surface area contributed by atoms with E-state index in [2.05, 4.69) is 45.6 Å². The highest BCUT2D eigenvalue weighted by atomic mass is 79.9. The van der Waals surface area contributed by atoms with Crippen molar-refractivity contribution in [2.45, 2.75) is 19.4 Å². The number of carbonyl (C=O) groups excluding carboxylic acids is 1. The molecule has 0 aliphatic rings. The highest BCUT2D eigenvalue weighted by Gasteiger charge is 2.12. The Morgan fingerprint density at radius 2 is 1.87 bits per heavy atom. The van der Waals surface area contributed by atoms with E-state index in [1.54, 1.807) is 7.11 Å². The van der Waals surface area contributed by atoms with Crippen molar-refractivity contribution in [1.82, 2.24) is 5.32 Å². The molecule has 0 heterocycles. The zero-order chi connectivity index (χ0) is 16.7. The van der Waals surface area contributed by atoms with Gasteiger partial charge in [-0.1, -0.05) is 47.1 Å². The van der Waals surface area contributed by atoms with Crippen molar-refractivity contribution in [3.63, 3.8) is 0 Å². The summed E-state index contributed by atoms with van der Waals surface area (Å²) < 4.78 is 6.28. The van der Waals surface area contributed by atoms with Gasteiger partial charge in [-0.05, 0) is 36.2 Å². The van der Waals surface area contributed by atoms with Gasteiger partial charge in [0.15, 0.2) is 0 Å². The summed E-state index contributed by atoms with van der Waals surface area (Å²) in [5.74, 6) is 0.561. The molecule has 1 atom stereocenters. The topological polar surface area (TPSA) is 50.4 Å². The van der Waals surface area contributed by atoms with E-state index >= 15 is 0 Å². The Labute approximate surface area is 145 Å².